The Hall–Kier alpha value is -2.96. The number of ether oxygens (including phenoxy) is 2. The van der Waals surface area contributed by atoms with Gasteiger partial charge in [0.1, 0.15) is 30.3 Å². The minimum atomic E-state index is -1.04. The molecule has 1 saturated carbocycles. The number of carbonyl (C=O) groups excluding carboxylic acids is 1. The lowest BCUT2D eigenvalue weighted by Crippen LogP contribution is -2.24. The van der Waals surface area contributed by atoms with Crippen LogP contribution in [0.3, 0.4) is 0 Å². The molecule has 1 fully saturated rings. The average Bonchev–Trinajstić information content (AvgIpc) is 3.35. The molecule has 2 heterocycles. The van der Waals surface area contributed by atoms with E-state index >= 15 is 0 Å². The number of furan rings is 1. The summed E-state index contributed by atoms with van der Waals surface area (Å²) in [5.41, 5.74) is 1.19. The molecule has 4 rings (SSSR count). The molecule has 2 aromatic rings. The largest absolute Gasteiger partial charge is 0.486 e. The summed E-state index contributed by atoms with van der Waals surface area (Å²) < 4.78 is 16.5. The zero-order valence-electron chi connectivity index (χ0n) is 14.3. The van der Waals surface area contributed by atoms with Crippen LogP contribution in [0.2, 0.25) is 0 Å². The molecule has 0 spiro atoms. The summed E-state index contributed by atoms with van der Waals surface area (Å²) in [5, 5.41) is 11.9. The SMILES string of the molecule is Cc1oc(CNC(=O)[C@H]2C[C@H]2c2ccc3c(c2)OCCO3)cc1C(=O)O. The smallest absolute Gasteiger partial charge is 0.339 e. The fraction of sp³-hybridized carbons (Fsp3) is 0.368. The number of carbonyl (C=O) groups is 2. The Labute approximate surface area is 149 Å². The van der Waals surface area contributed by atoms with Crippen molar-refractivity contribution in [2.45, 2.75) is 25.8 Å². The van der Waals surface area contributed by atoms with Gasteiger partial charge in [-0.05, 0) is 43.0 Å². The number of carboxylic acid groups (broad SMARTS) is 1. The lowest BCUT2D eigenvalue weighted by atomic mass is 10.1. The van der Waals surface area contributed by atoms with E-state index in [0.717, 1.165) is 23.5 Å². The quantitative estimate of drug-likeness (QED) is 0.853. The number of carboxylic acids is 1. The summed E-state index contributed by atoms with van der Waals surface area (Å²) in [4.78, 5) is 23.4. The van der Waals surface area contributed by atoms with Crippen molar-refractivity contribution in [3.8, 4) is 11.5 Å². The van der Waals surface area contributed by atoms with Crippen molar-refractivity contribution in [3.05, 3.63) is 46.9 Å². The first-order chi connectivity index (χ1) is 12.5. The molecule has 0 bridgehead atoms. The molecule has 0 unspecified atom stereocenters. The van der Waals surface area contributed by atoms with Gasteiger partial charge in [0, 0.05) is 5.92 Å². The Bertz CT molecular complexity index is 871. The lowest BCUT2D eigenvalue weighted by molar-refractivity contribution is -0.122. The van der Waals surface area contributed by atoms with Crippen LogP contribution in [0.1, 0.15) is 39.8 Å². The van der Waals surface area contributed by atoms with Gasteiger partial charge in [-0.1, -0.05) is 6.07 Å². The lowest BCUT2D eigenvalue weighted by Gasteiger charge is -2.18. The van der Waals surface area contributed by atoms with Crippen molar-refractivity contribution in [1.82, 2.24) is 5.32 Å². The van der Waals surface area contributed by atoms with Gasteiger partial charge in [-0.3, -0.25) is 4.79 Å². The van der Waals surface area contributed by atoms with Gasteiger partial charge in [-0.25, -0.2) is 4.79 Å². The first kappa shape index (κ1) is 16.5. The van der Waals surface area contributed by atoms with Crippen LogP contribution < -0.4 is 14.8 Å². The molecule has 26 heavy (non-hydrogen) atoms. The maximum absolute atomic E-state index is 12.4. The average molecular weight is 357 g/mol. The summed E-state index contributed by atoms with van der Waals surface area (Å²) in [6, 6.07) is 7.25. The van der Waals surface area contributed by atoms with Crippen LogP contribution in [-0.2, 0) is 11.3 Å². The normalized spacial score (nSPS) is 20.5. The molecule has 2 atom stereocenters. The molecule has 0 saturated heterocycles. The van der Waals surface area contributed by atoms with Crippen LogP contribution in [0.15, 0.2) is 28.7 Å². The second kappa shape index (κ2) is 6.40. The number of amides is 1. The van der Waals surface area contributed by atoms with E-state index in [1.807, 2.05) is 18.2 Å². The zero-order valence-corrected chi connectivity index (χ0v) is 14.3. The van der Waals surface area contributed by atoms with Gasteiger partial charge < -0.3 is 24.3 Å². The van der Waals surface area contributed by atoms with Crippen LogP contribution >= 0.6 is 0 Å². The van der Waals surface area contributed by atoms with Crippen molar-refractivity contribution in [2.75, 3.05) is 13.2 Å². The van der Waals surface area contributed by atoms with Crippen LogP contribution in [0.4, 0.5) is 0 Å². The van der Waals surface area contributed by atoms with E-state index < -0.39 is 5.97 Å². The molecule has 1 amide bonds. The summed E-state index contributed by atoms with van der Waals surface area (Å²) >= 11 is 0. The highest BCUT2D eigenvalue weighted by molar-refractivity contribution is 5.89. The van der Waals surface area contributed by atoms with E-state index in [1.165, 1.54) is 6.07 Å². The molecular formula is C19H19NO6. The Balaban J connectivity index is 1.35. The minimum Gasteiger partial charge on any atom is -0.486 e. The molecular weight excluding hydrogens is 338 g/mol. The summed E-state index contributed by atoms with van der Waals surface area (Å²) in [7, 11) is 0. The Morgan fingerprint density at radius 3 is 2.69 bits per heavy atom. The Morgan fingerprint density at radius 1 is 1.19 bits per heavy atom. The van der Waals surface area contributed by atoms with Gasteiger partial charge in [0.15, 0.2) is 11.5 Å². The number of aryl methyl sites for hydroxylation is 1. The van der Waals surface area contributed by atoms with E-state index in [4.69, 9.17) is 19.0 Å². The number of rotatable bonds is 5. The van der Waals surface area contributed by atoms with Gasteiger partial charge in [-0.15, -0.1) is 0 Å². The molecule has 7 nitrogen and oxygen atoms in total. The second-order valence-corrected chi connectivity index (χ2v) is 6.56. The van der Waals surface area contributed by atoms with Crippen molar-refractivity contribution in [2.24, 2.45) is 5.92 Å². The number of benzene rings is 1. The fourth-order valence-electron chi connectivity index (χ4n) is 3.29. The third kappa shape index (κ3) is 3.12. The molecule has 1 aliphatic carbocycles. The molecule has 7 heteroatoms. The van der Waals surface area contributed by atoms with Crippen LogP contribution in [0, 0.1) is 12.8 Å². The standard InChI is InChI=1S/C19H19NO6/c1-10-13(19(22)23)7-12(26-10)9-20-18(21)15-8-14(15)11-2-3-16-17(6-11)25-5-4-24-16/h2-3,6-7,14-15H,4-5,8-9H2,1H3,(H,20,21)(H,22,23)/t14-,15-/m0/s1. The minimum absolute atomic E-state index is 0.0594. The van der Waals surface area contributed by atoms with Crippen molar-refractivity contribution < 1.29 is 28.6 Å². The third-order valence-electron chi connectivity index (χ3n) is 4.76. The molecule has 136 valence electrons. The molecule has 1 aliphatic heterocycles. The second-order valence-electron chi connectivity index (χ2n) is 6.56. The third-order valence-corrected chi connectivity index (χ3v) is 4.76. The van der Waals surface area contributed by atoms with Gasteiger partial charge >= 0.3 is 5.97 Å². The van der Waals surface area contributed by atoms with E-state index in [1.54, 1.807) is 6.92 Å². The molecule has 1 aromatic heterocycles. The van der Waals surface area contributed by atoms with E-state index in [-0.39, 0.29) is 29.9 Å². The number of hydrogen-bond acceptors (Lipinski definition) is 5. The number of nitrogens with one attached hydrogen (secondary N) is 1. The van der Waals surface area contributed by atoms with E-state index in [0.29, 0.717) is 24.7 Å². The number of fused-ring (bicyclic) bond motifs is 1. The maximum atomic E-state index is 12.4. The highest BCUT2D eigenvalue weighted by atomic mass is 16.6. The topological polar surface area (TPSA) is 98.0 Å². The monoisotopic (exact) mass is 357 g/mol. The van der Waals surface area contributed by atoms with Crippen LogP contribution in [0.25, 0.3) is 0 Å². The van der Waals surface area contributed by atoms with Gasteiger partial charge in [-0.2, -0.15) is 0 Å². The molecule has 2 N–H and O–H groups in total. The van der Waals surface area contributed by atoms with Crippen LogP contribution in [-0.4, -0.2) is 30.2 Å². The maximum Gasteiger partial charge on any atom is 0.339 e. The van der Waals surface area contributed by atoms with E-state index in [9.17, 15) is 9.59 Å². The Kier molecular flexibility index (Phi) is 4.06. The predicted octanol–water partition coefficient (Wildman–Crippen LogP) is 2.48. The molecule has 0 radical (unpaired) electrons. The van der Waals surface area contributed by atoms with Crippen molar-refractivity contribution >= 4 is 11.9 Å². The summed E-state index contributed by atoms with van der Waals surface area (Å²) in [6.45, 7) is 2.85. The molecule has 1 aromatic carbocycles. The first-order valence-corrected chi connectivity index (χ1v) is 8.53. The zero-order chi connectivity index (χ0) is 18.3. The van der Waals surface area contributed by atoms with Gasteiger partial charge in [0.25, 0.3) is 0 Å². The van der Waals surface area contributed by atoms with Crippen LogP contribution in [0.5, 0.6) is 11.5 Å². The van der Waals surface area contributed by atoms with Gasteiger partial charge in [0.05, 0.1) is 6.54 Å². The van der Waals surface area contributed by atoms with Crippen molar-refractivity contribution in [1.29, 1.82) is 0 Å². The first-order valence-electron chi connectivity index (χ1n) is 8.53. The number of hydrogen-bond donors (Lipinski definition) is 2. The molecule has 2 aliphatic rings. The predicted molar refractivity (Wildman–Crippen MR) is 90.5 cm³/mol. The highest BCUT2D eigenvalue weighted by Gasteiger charge is 2.44. The van der Waals surface area contributed by atoms with E-state index in [2.05, 4.69) is 5.32 Å². The highest BCUT2D eigenvalue weighted by Crippen LogP contribution is 2.49. The summed E-state index contributed by atoms with van der Waals surface area (Å²) in [5.74, 6) is 1.22. The van der Waals surface area contributed by atoms with Crippen molar-refractivity contribution in [3.63, 3.8) is 0 Å². The van der Waals surface area contributed by atoms with Gasteiger partial charge in [0.2, 0.25) is 5.91 Å². The Morgan fingerprint density at radius 2 is 1.96 bits per heavy atom. The summed E-state index contributed by atoms with van der Waals surface area (Å²) in [6.07, 6.45) is 0.781. The fourth-order valence-corrected chi connectivity index (χ4v) is 3.29. The number of aromatic carboxylic acids is 1.